The summed E-state index contributed by atoms with van der Waals surface area (Å²) >= 11 is 0. The van der Waals surface area contributed by atoms with Gasteiger partial charge in [-0.15, -0.1) is 0 Å². The van der Waals surface area contributed by atoms with Gasteiger partial charge in [-0.25, -0.2) is 0 Å². The van der Waals surface area contributed by atoms with Crippen LogP contribution in [0.2, 0.25) is 0 Å². The average molecular weight is 327 g/mol. The normalized spacial score (nSPS) is 11.8. The van der Waals surface area contributed by atoms with Gasteiger partial charge in [-0.2, -0.15) is 0 Å². The van der Waals surface area contributed by atoms with E-state index in [4.69, 9.17) is 9.47 Å². The third-order valence-corrected chi connectivity index (χ3v) is 3.64. The Bertz CT molecular complexity index is 611. The first-order chi connectivity index (χ1) is 11.7. The predicted molar refractivity (Wildman–Crippen MR) is 95.1 cm³/mol. The summed E-state index contributed by atoms with van der Waals surface area (Å²) < 4.78 is 10.8. The van der Waals surface area contributed by atoms with Gasteiger partial charge in [0, 0.05) is 13.0 Å². The van der Waals surface area contributed by atoms with Crippen molar-refractivity contribution in [2.45, 2.75) is 26.3 Å². The number of rotatable bonds is 9. The summed E-state index contributed by atoms with van der Waals surface area (Å²) in [5.41, 5.74) is 2.07. The van der Waals surface area contributed by atoms with Crippen LogP contribution in [0.5, 0.6) is 5.75 Å². The van der Waals surface area contributed by atoms with E-state index in [2.05, 4.69) is 5.32 Å². The minimum absolute atomic E-state index is 0.0220. The molecule has 2 aromatic carbocycles. The average Bonchev–Trinajstić information content (AvgIpc) is 2.62. The molecule has 0 spiro atoms. The van der Waals surface area contributed by atoms with Crippen LogP contribution in [0.4, 0.5) is 0 Å². The van der Waals surface area contributed by atoms with Crippen LogP contribution in [-0.2, 0) is 9.53 Å². The first kappa shape index (κ1) is 18.0. The second kappa shape index (κ2) is 9.73. The monoisotopic (exact) mass is 327 g/mol. The van der Waals surface area contributed by atoms with Crippen LogP contribution in [-0.4, -0.2) is 25.7 Å². The van der Waals surface area contributed by atoms with Crippen molar-refractivity contribution in [2.75, 3.05) is 19.8 Å². The molecule has 1 amide bonds. The molecular weight excluding hydrogens is 302 g/mol. The molecule has 2 aromatic rings. The minimum atomic E-state index is -0.184. The van der Waals surface area contributed by atoms with Crippen LogP contribution < -0.4 is 10.1 Å². The summed E-state index contributed by atoms with van der Waals surface area (Å²) in [5.74, 6) is 0.807. The maximum Gasteiger partial charge on any atom is 0.223 e. The standard InChI is InChI=1S/C20H25NO3/c1-3-23-15-14-19(22)21-20(16-8-6-5-7-9-16)17-10-12-18(13-11-17)24-4-2/h5-13,20H,3-4,14-15H2,1-2H3,(H,21,22). The lowest BCUT2D eigenvalue weighted by atomic mass is 9.98. The van der Waals surface area contributed by atoms with E-state index in [-0.39, 0.29) is 11.9 Å². The molecule has 0 aliphatic carbocycles. The maximum absolute atomic E-state index is 12.2. The van der Waals surface area contributed by atoms with Crippen molar-refractivity contribution < 1.29 is 14.3 Å². The van der Waals surface area contributed by atoms with Crippen LogP contribution in [0.3, 0.4) is 0 Å². The zero-order valence-electron chi connectivity index (χ0n) is 14.3. The van der Waals surface area contributed by atoms with E-state index < -0.39 is 0 Å². The molecule has 24 heavy (non-hydrogen) atoms. The molecule has 0 aliphatic rings. The number of ether oxygens (including phenoxy) is 2. The molecule has 0 bridgehead atoms. The summed E-state index contributed by atoms with van der Waals surface area (Å²) in [6.07, 6.45) is 0.355. The minimum Gasteiger partial charge on any atom is -0.494 e. The molecule has 0 saturated carbocycles. The Kier molecular flexibility index (Phi) is 7.30. The molecule has 1 atom stereocenters. The number of carbonyl (C=O) groups is 1. The number of amides is 1. The molecule has 0 saturated heterocycles. The molecule has 4 heteroatoms. The van der Waals surface area contributed by atoms with Crippen molar-refractivity contribution in [2.24, 2.45) is 0 Å². The van der Waals surface area contributed by atoms with E-state index in [0.29, 0.717) is 26.2 Å². The largest absolute Gasteiger partial charge is 0.494 e. The van der Waals surface area contributed by atoms with Crippen LogP contribution in [0.25, 0.3) is 0 Å². The Morgan fingerprint density at radius 2 is 1.62 bits per heavy atom. The zero-order valence-corrected chi connectivity index (χ0v) is 14.3. The smallest absolute Gasteiger partial charge is 0.223 e. The van der Waals surface area contributed by atoms with Crippen molar-refractivity contribution in [3.05, 3.63) is 65.7 Å². The highest BCUT2D eigenvalue weighted by Gasteiger charge is 2.16. The highest BCUT2D eigenvalue weighted by molar-refractivity contribution is 5.77. The van der Waals surface area contributed by atoms with E-state index in [0.717, 1.165) is 16.9 Å². The Morgan fingerprint density at radius 1 is 0.958 bits per heavy atom. The number of hydrogen-bond acceptors (Lipinski definition) is 3. The fourth-order valence-corrected chi connectivity index (χ4v) is 2.47. The van der Waals surface area contributed by atoms with Gasteiger partial charge in [0.1, 0.15) is 5.75 Å². The van der Waals surface area contributed by atoms with Crippen molar-refractivity contribution in [1.29, 1.82) is 0 Å². The van der Waals surface area contributed by atoms with Crippen molar-refractivity contribution in [1.82, 2.24) is 5.32 Å². The first-order valence-corrected chi connectivity index (χ1v) is 8.39. The van der Waals surface area contributed by atoms with E-state index in [1.807, 2.05) is 68.4 Å². The molecule has 0 heterocycles. The van der Waals surface area contributed by atoms with E-state index in [9.17, 15) is 4.79 Å². The summed E-state index contributed by atoms with van der Waals surface area (Å²) in [4.78, 5) is 12.2. The fourth-order valence-electron chi connectivity index (χ4n) is 2.47. The number of hydrogen-bond donors (Lipinski definition) is 1. The Balaban J connectivity index is 2.15. The molecule has 2 rings (SSSR count). The SMILES string of the molecule is CCOCCC(=O)NC(c1ccccc1)c1ccc(OCC)cc1. The molecular formula is C20H25NO3. The van der Waals surface area contributed by atoms with Gasteiger partial charge >= 0.3 is 0 Å². The predicted octanol–water partition coefficient (Wildman–Crippen LogP) is 3.72. The van der Waals surface area contributed by atoms with Gasteiger partial charge in [0.05, 0.1) is 19.3 Å². The number of carbonyl (C=O) groups excluding carboxylic acids is 1. The number of benzene rings is 2. The summed E-state index contributed by atoms with van der Waals surface area (Å²) in [7, 11) is 0. The first-order valence-electron chi connectivity index (χ1n) is 8.39. The van der Waals surface area contributed by atoms with Gasteiger partial charge in [0.2, 0.25) is 5.91 Å². The lowest BCUT2D eigenvalue weighted by Crippen LogP contribution is -2.30. The Hall–Kier alpha value is -2.33. The van der Waals surface area contributed by atoms with Gasteiger partial charge in [0.15, 0.2) is 0 Å². The summed E-state index contributed by atoms with van der Waals surface area (Å²) in [6, 6.07) is 17.6. The maximum atomic E-state index is 12.2. The van der Waals surface area contributed by atoms with Crippen molar-refractivity contribution in [3.63, 3.8) is 0 Å². The van der Waals surface area contributed by atoms with Crippen LogP contribution >= 0.6 is 0 Å². The lowest BCUT2D eigenvalue weighted by Gasteiger charge is -2.20. The summed E-state index contributed by atoms with van der Waals surface area (Å²) in [5, 5.41) is 3.10. The third kappa shape index (κ3) is 5.39. The number of nitrogens with one attached hydrogen (secondary N) is 1. The van der Waals surface area contributed by atoms with Crippen LogP contribution in [0.15, 0.2) is 54.6 Å². The fraction of sp³-hybridized carbons (Fsp3) is 0.350. The third-order valence-electron chi connectivity index (χ3n) is 3.64. The molecule has 1 N–H and O–H groups in total. The van der Waals surface area contributed by atoms with Gasteiger partial charge in [0.25, 0.3) is 0 Å². The zero-order chi connectivity index (χ0) is 17.2. The quantitative estimate of drug-likeness (QED) is 0.714. The Morgan fingerprint density at radius 3 is 2.25 bits per heavy atom. The molecule has 0 aliphatic heterocycles. The van der Waals surface area contributed by atoms with E-state index in [1.54, 1.807) is 0 Å². The molecule has 0 aromatic heterocycles. The van der Waals surface area contributed by atoms with Gasteiger partial charge in [-0.1, -0.05) is 42.5 Å². The van der Waals surface area contributed by atoms with Crippen LogP contribution in [0, 0.1) is 0 Å². The summed E-state index contributed by atoms with van der Waals surface area (Å²) in [6.45, 7) is 5.57. The molecule has 4 nitrogen and oxygen atoms in total. The van der Waals surface area contributed by atoms with Crippen molar-refractivity contribution >= 4 is 5.91 Å². The van der Waals surface area contributed by atoms with Gasteiger partial charge < -0.3 is 14.8 Å². The molecule has 0 fully saturated rings. The lowest BCUT2D eigenvalue weighted by molar-refractivity contribution is -0.122. The van der Waals surface area contributed by atoms with E-state index in [1.165, 1.54) is 0 Å². The molecule has 1 unspecified atom stereocenters. The second-order valence-electron chi connectivity index (χ2n) is 5.36. The molecule has 0 radical (unpaired) electrons. The van der Waals surface area contributed by atoms with Gasteiger partial charge in [-0.05, 0) is 37.1 Å². The Labute approximate surface area is 143 Å². The van der Waals surface area contributed by atoms with Crippen molar-refractivity contribution in [3.8, 4) is 5.75 Å². The highest BCUT2D eigenvalue weighted by atomic mass is 16.5. The van der Waals surface area contributed by atoms with Gasteiger partial charge in [-0.3, -0.25) is 4.79 Å². The van der Waals surface area contributed by atoms with Crippen LogP contribution in [0.1, 0.15) is 37.4 Å². The van der Waals surface area contributed by atoms with E-state index >= 15 is 0 Å². The molecule has 128 valence electrons. The highest BCUT2D eigenvalue weighted by Crippen LogP contribution is 2.24. The topological polar surface area (TPSA) is 47.6 Å². The second-order valence-corrected chi connectivity index (χ2v) is 5.36.